The summed E-state index contributed by atoms with van der Waals surface area (Å²) in [5.74, 6) is -0.555. The molecular formula is C16H11F2N3O3. The predicted molar refractivity (Wildman–Crippen MR) is 83.4 cm³/mol. The van der Waals surface area contributed by atoms with Crippen molar-refractivity contribution in [1.82, 2.24) is 10.2 Å². The minimum absolute atomic E-state index is 0.0179. The highest BCUT2D eigenvalue weighted by molar-refractivity contribution is 6.11. The summed E-state index contributed by atoms with van der Waals surface area (Å²) in [6, 6.07) is 12.0. The number of benzene rings is 2. The number of hydrogen-bond donors (Lipinski definition) is 2. The second-order valence-corrected chi connectivity index (χ2v) is 4.80. The highest BCUT2D eigenvalue weighted by Crippen LogP contribution is 2.19. The summed E-state index contributed by atoms with van der Waals surface area (Å²) < 4.78 is 28.4. The zero-order valence-electron chi connectivity index (χ0n) is 12.1. The second-order valence-electron chi connectivity index (χ2n) is 4.80. The van der Waals surface area contributed by atoms with Gasteiger partial charge in [-0.25, -0.2) is 5.10 Å². The first-order valence-electron chi connectivity index (χ1n) is 6.88. The zero-order valence-corrected chi connectivity index (χ0v) is 12.1. The third-order valence-corrected chi connectivity index (χ3v) is 3.25. The number of halogens is 2. The summed E-state index contributed by atoms with van der Waals surface area (Å²) in [4.78, 5) is 24.1. The lowest BCUT2D eigenvalue weighted by Crippen LogP contribution is -2.19. The van der Waals surface area contributed by atoms with E-state index < -0.39 is 18.1 Å². The number of carbonyl (C=O) groups is 1. The van der Waals surface area contributed by atoms with E-state index in [0.29, 0.717) is 16.5 Å². The van der Waals surface area contributed by atoms with Crippen molar-refractivity contribution in [3.05, 3.63) is 64.6 Å². The molecule has 2 aromatic carbocycles. The lowest BCUT2D eigenvalue weighted by atomic mass is 10.1. The third-order valence-electron chi connectivity index (χ3n) is 3.25. The molecule has 3 rings (SSSR count). The van der Waals surface area contributed by atoms with Gasteiger partial charge in [0.1, 0.15) is 5.75 Å². The maximum atomic E-state index is 12.4. The molecule has 0 radical (unpaired) electrons. The lowest BCUT2D eigenvalue weighted by molar-refractivity contribution is -0.0498. The number of aromatic nitrogens is 2. The van der Waals surface area contributed by atoms with E-state index in [9.17, 15) is 18.4 Å². The van der Waals surface area contributed by atoms with Crippen LogP contribution in [-0.4, -0.2) is 22.7 Å². The predicted octanol–water partition coefficient (Wildman–Crippen LogP) is 2.78. The molecule has 0 unspecified atom stereocenters. The Hall–Kier alpha value is -3.29. The van der Waals surface area contributed by atoms with Gasteiger partial charge in [0, 0.05) is 11.1 Å². The van der Waals surface area contributed by atoms with Crippen LogP contribution in [0.2, 0.25) is 0 Å². The van der Waals surface area contributed by atoms with Crippen LogP contribution in [0.25, 0.3) is 10.8 Å². The van der Waals surface area contributed by atoms with E-state index in [4.69, 9.17) is 0 Å². The Kier molecular flexibility index (Phi) is 4.19. The minimum atomic E-state index is -2.91. The molecule has 0 bridgehead atoms. The first-order chi connectivity index (χ1) is 11.5. The molecule has 0 atom stereocenters. The summed E-state index contributed by atoms with van der Waals surface area (Å²) in [7, 11) is 0. The molecule has 0 aliphatic heterocycles. The smallest absolute Gasteiger partial charge is 0.387 e. The SMILES string of the molecule is O=C(Nc1ccc(OC(F)F)cc1)c1n[nH]c(=O)c2ccccc12. The minimum Gasteiger partial charge on any atom is -0.435 e. The summed E-state index contributed by atoms with van der Waals surface area (Å²) in [6.07, 6.45) is 0. The molecule has 0 saturated carbocycles. The number of carbonyl (C=O) groups excluding carboxylic acids is 1. The van der Waals surface area contributed by atoms with Crippen LogP contribution in [0.1, 0.15) is 10.5 Å². The molecular weight excluding hydrogens is 320 g/mol. The number of amides is 1. The van der Waals surface area contributed by atoms with Gasteiger partial charge in [-0.05, 0) is 30.3 Å². The molecule has 8 heteroatoms. The van der Waals surface area contributed by atoms with Crippen molar-refractivity contribution in [2.45, 2.75) is 6.61 Å². The molecule has 1 heterocycles. The number of hydrogen-bond acceptors (Lipinski definition) is 4. The van der Waals surface area contributed by atoms with Gasteiger partial charge in [0.2, 0.25) is 0 Å². The van der Waals surface area contributed by atoms with Gasteiger partial charge in [-0.2, -0.15) is 13.9 Å². The molecule has 1 aromatic heterocycles. The molecule has 2 N–H and O–H groups in total. The number of nitrogens with one attached hydrogen (secondary N) is 2. The number of aromatic amines is 1. The van der Waals surface area contributed by atoms with Gasteiger partial charge in [0.05, 0.1) is 5.39 Å². The molecule has 1 amide bonds. The van der Waals surface area contributed by atoms with E-state index >= 15 is 0 Å². The fourth-order valence-electron chi connectivity index (χ4n) is 2.20. The monoisotopic (exact) mass is 331 g/mol. The van der Waals surface area contributed by atoms with Gasteiger partial charge in [-0.1, -0.05) is 18.2 Å². The standard InChI is InChI=1S/C16H11F2N3O3/c17-16(18)24-10-7-5-9(6-8-10)19-15(23)13-11-3-1-2-4-12(11)14(22)21-20-13/h1-8,16H,(H,19,23)(H,21,22). The van der Waals surface area contributed by atoms with E-state index in [0.717, 1.165) is 0 Å². The van der Waals surface area contributed by atoms with Crippen molar-refractivity contribution in [3.63, 3.8) is 0 Å². The summed E-state index contributed by atoms with van der Waals surface area (Å²) >= 11 is 0. The highest BCUT2D eigenvalue weighted by Gasteiger charge is 2.14. The molecule has 0 spiro atoms. The first-order valence-corrected chi connectivity index (χ1v) is 6.88. The Bertz CT molecular complexity index is 939. The van der Waals surface area contributed by atoms with Crippen LogP contribution in [-0.2, 0) is 0 Å². The number of alkyl halides is 2. The molecule has 0 aliphatic carbocycles. The van der Waals surface area contributed by atoms with E-state index in [1.807, 2.05) is 0 Å². The first kappa shape index (κ1) is 15.6. The average Bonchev–Trinajstić information content (AvgIpc) is 2.57. The lowest BCUT2D eigenvalue weighted by Gasteiger charge is -2.08. The Labute approximate surface area is 134 Å². The molecule has 0 aliphatic rings. The van der Waals surface area contributed by atoms with Crippen LogP contribution in [0.3, 0.4) is 0 Å². The Balaban J connectivity index is 1.85. The largest absolute Gasteiger partial charge is 0.435 e. The van der Waals surface area contributed by atoms with Gasteiger partial charge >= 0.3 is 6.61 Å². The van der Waals surface area contributed by atoms with Crippen LogP contribution in [0.5, 0.6) is 5.75 Å². The fraction of sp³-hybridized carbons (Fsp3) is 0.0625. The van der Waals surface area contributed by atoms with Gasteiger partial charge in [-0.15, -0.1) is 0 Å². The van der Waals surface area contributed by atoms with Gasteiger partial charge < -0.3 is 10.1 Å². The Morgan fingerprint density at radius 2 is 1.75 bits per heavy atom. The summed E-state index contributed by atoms with van der Waals surface area (Å²) in [6.45, 7) is -2.91. The van der Waals surface area contributed by atoms with Crippen molar-refractivity contribution in [3.8, 4) is 5.75 Å². The van der Waals surface area contributed by atoms with Crippen LogP contribution < -0.4 is 15.6 Å². The number of anilines is 1. The third kappa shape index (κ3) is 3.22. The van der Waals surface area contributed by atoms with Crippen LogP contribution in [0.4, 0.5) is 14.5 Å². The average molecular weight is 331 g/mol. The number of ether oxygens (including phenoxy) is 1. The summed E-state index contributed by atoms with van der Waals surface area (Å²) in [5.41, 5.74) is 0.0347. The second kappa shape index (κ2) is 6.45. The number of H-pyrrole nitrogens is 1. The zero-order chi connectivity index (χ0) is 17.1. The van der Waals surface area contributed by atoms with E-state index in [1.54, 1.807) is 24.3 Å². The number of nitrogens with zero attached hydrogens (tertiary/aromatic N) is 1. The van der Waals surface area contributed by atoms with E-state index in [2.05, 4.69) is 20.3 Å². The maximum absolute atomic E-state index is 12.4. The maximum Gasteiger partial charge on any atom is 0.387 e. The van der Waals surface area contributed by atoms with Crippen LogP contribution >= 0.6 is 0 Å². The Morgan fingerprint density at radius 3 is 2.42 bits per heavy atom. The topological polar surface area (TPSA) is 84.1 Å². The van der Waals surface area contributed by atoms with Crippen molar-refractivity contribution in [2.75, 3.05) is 5.32 Å². The quantitative estimate of drug-likeness (QED) is 0.770. The van der Waals surface area contributed by atoms with Crippen LogP contribution in [0.15, 0.2) is 53.3 Å². The van der Waals surface area contributed by atoms with E-state index in [1.165, 1.54) is 24.3 Å². The summed E-state index contributed by atoms with van der Waals surface area (Å²) in [5, 5.41) is 9.40. The molecule has 122 valence electrons. The van der Waals surface area contributed by atoms with Gasteiger partial charge in [0.15, 0.2) is 5.69 Å². The van der Waals surface area contributed by atoms with Crippen molar-refractivity contribution >= 4 is 22.4 Å². The van der Waals surface area contributed by atoms with Crippen LogP contribution in [0, 0.1) is 0 Å². The van der Waals surface area contributed by atoms with Crippen molar-refractivity contribution < 1.29 is 18.3 Å². The normalized spacial score (nSPS) is 10.8. The number of rotatable bonds is 4. The highest BCUT2D eigenvalue weighted by atomic mass is 19.3. The molecule has 3 aromatic rings. The molecule has 6 nitrogen and oxygen atoms in total. The Morgan fingerprint density at radius 1 is 1.08 bits per heavy atom. The molecule has 24 heavy (non-hydrogen) atoms. The number of fused-ring (bicyclic) bond motifs is 1. The van der Waals surface area contributed by atoms with Gasteiger partial charge in [-0.3, -0.25) is 9.59 Å². The molecule has 0 saturated heterocycles. The van der Waals surface area contributed by atoms with Crippen molar-refractivity contribution in [2.24, 2.45) is 0 Å². The molecule has 0 fully saturated rings. The van der Waals surface area contributed by atoms with Crippen molar-refractivity contribution in [1.29, 1.82) is 0 Å². The van der Waals surface area contributed by atoms with Gasteiger partial charge in [0.25, 0.3) is 11.5 Å². The van der Waals surface area contributed by atoms with E-state index in [-0.39, 0.29) is 11.4 Å². The fourth-order valence-corrected chi connectivity index (χ4v) is 2.20.